The van der Waals surface area contributed by atoms with Crippen molar-refractivity contribution >= 4 is 23.3 Å². The topological polar surface area (TPSA) is 56.1 Å². The number of nitrogens with zero attached hydrogens (tertiary/aromatic N) is 2. The van der Waals surface area contributed by atoms with E-state index in [0.717, 1.165) is 37.4 Å². The Morgan fingerprint density at radius 2 is 2.24 bits per heavy atom. The molecule has 1 amide bonds. The van der Waals surface area contributed by atoms with Gasteiger partial charge in [0.25, 0.3) is 5.91 Å². The second-order valence-electron chi connectivity index (χ2n) is 4.94. The zero-order valence-corrected chi connectivity index (χ0v) is 12.3. The predicted octanol–water partition coefficient (Wildman–Crippen LogP) is 2.89. The van der Waals surface area contributed by atoms with Gasteiger partial charge >= 0.3 is 0 Å². The van der Waals surface area contributed by atoms with Gasteiger partial charge in [0.2, 0.25) is 0 Å². The number of nitrogens with one attached hydrogen (secondary N) is 1. The molecule has 1 aromatic heterocycles. The van der Waals surface area contributed by atoms with Crippen LogP contribution in [0.5, 0.6) is 5.75 Å². The van der Waals surface area contributed by atoms with Gasteiger partial charge in [-0.1, -0.05) is 23.7 Å². The van der Waals surface area contributed by atoms with Gasteiger partial charge in [0.1, 0.15) is 17.4 Å². The maximum Gasteiger partial charge on any atom is 0.263 e. The summed E-state index contributed by atoms with van der Waals surface area (Å²) in [4.78, 5) is 16.3. The number of aryl methyl sites for hydroxylation is 1. The summed E-state index contributed by atoms with van der Waals surface area (Å²) in [6.45, 7) is 0.820. The third kappa shape index (κ3) is 3.19. The van der Waals surface area contributed by atoms with Gasteiger partial charge < -0.3 is 14.6 Å². The lowest BCUT2D eigenvalue weighted by Gasteiger charge is -2.16. The van der Waals surface area contributed by atoms with Crippen molar-refractivity contribution in [3.05, 3.63) is 41.3 Å². The average Bonchev–Trinajstić information content (AvgIpc) is 2.90. The molecule has 0 unspecified atom stereocenters. The molecule has 2 aromatic rings. The molecule has 110 valence electrons. The van der Waals surface area contributed by atoms with E-state index in [4.69, 9.17) is 16.3 Å². The number of para-hydroxylation sites is 1. The van der Waals surface area contributed by atoms with Crippen molar-refractivity contribution in [3.63, 3.8) is 0 Å². The first-order valence-electron chi connectivity index (χ1n) is 6.95. The van der Waals surface area contributed by atoms with E-state index >= 15 is 0 Å². The van der Waals surface area contributed by atoms with Crippen LogP contribution in [0, 0.1) is 0 Å². The molecule has 21 heavy (non-hydrogen) atoms. The fourth-order valence-corrected chi connectivity index (χ4v) is 2.59. The number of anilines is 1. The van der Waals surface area contributed by atoms with Crippen LogP contribution in [-0.4, -0.2) is 22.1 Å². The molecule has 2 heterocycles. The minimum absolute atomic E-state index is 0.0791. The maximum absolute atomic E-state index is 12.0. The van der Waals surface area contributed by atoms with Gasteiger partial charge in [-0.3, -0.25) is 4.79 Å². The number of rotatable bonds is 4. The second kappa shape index (κ2) is 6.18. The predicted molar refractivity (Wildman–Crippen MR) is 80.7 cm³/mol. The first-order chi connectivity index (χ1) is 10.2. The Labute approximate surface area is 127 Å². The molecule has 1 aliphatic heterocycles. The number of imidazole rings is 1. The Hall–Kier alpha value is -2.01. The number of hydrogen-bond donors (Lipinski definition) is 1. The number of carbonyl (C=O) groups is 1. The Morgan fingerprint density at radius 1 is 1.38 bits per heavy atom. The highest BCUT2D eigenvalue weighted by molar-refractivity contribution is 6.32. The molecule has 0 atom stereocenters. The van der Waals surface area contributed by atoms with E-state index in [0.29, 0.717) is 10.8 Å². The molecule has 5 nitrogen and oxygen atoms in total. The van der Waals surface area contributed by atoms with E-state index in [1.807, 2.05) is 12.1 Å². The number of ether oxygens (including phenoxy) is 1. The summed E-state index contributed by atoms with van der Waals surface area (Å²) in [5.41, 5.74) is 0. The summed E-state index contributed by atoms with van der Waals surface area (Å²) in [5, 5.41) is 3.33. The van der Waals surface area contributed by atoms with Crippen LogP contribution in [0.1, 0.15) is 18.7 Å². The van der Waals surface area contributed by atoms with Crippen LogP contribution in [0.4, 0.5) is 5.82 Å². The SMILES string of the molecule is O=C(COc1ccccc1Cl)Nc1cnc2n1CCCC2. The second-order valence-corrected chi connectivity index (χ2v) is 5.34. The number of carbonyl (C=O) groups excluding carboxylic acids is 1. The standard InChI is InChI=1S/C15H16ClN3O2/c16-11-5-1-2-6-12(11)21-10-15(20)18-14-9-17-13-7-3-4-8-19(13)14/h1-2,5-6,9H,3-4,7-8,10H2,(H,18,20). The van der Waals surface area contributed by atoms with Crippen molar-refractivity contribution in [1.82, 2.24) is 9.55 Å². The molecule has 1 aromatic carbocycles. The Balaban J connectivity index is 1.60. The lowest BCUT2D eigenvalue weighted by Crippen LogP contribution is -2.23. The highest BCUT2D eigenvalue weighted by Crippen LogP contribution is 2.23. The van der Waals surface area contributed by atoms with Crippen molar-refractivity contribution in [2.75, 3.05) is 11.9 Å². The molecule has 3 rings (SSSR count). The van der Waals surface area contributed by atoms with Gasteiger partial charge in [0.15, 0.2) is 6.61 Å². The zero-order chi connectivity index (χ0) is 14.7. The Bertz CT molecular complexity index is 654. The molecular weight excluding hydrogens is 290 g/mol. The molecule has 6 heteroatoms. The molecule has 0 saturated heterocycles. The van der Waals surface area contributed by atoms with Crippen molar-refractivity contribution in [1.29, 1.82) is 0 Å². The van der Waals surface area contributed by atoms with Gasteiger partial charge in [-0.15, -0.1) is 0 Å². The van der Waals surface area contributed by atoms with E-state index in [9.17, 15) is 4.79 Å². The molecule has 0 bridgehead atoms. The van der Waals surface area contributed by atoms with Gasteiger partial charge in [0, 0.05) is 13.0 Å². The van der Waals surface area contributed by atoms with E-state index in [1.165, 1.54) is 0 Å². The van der Waals surface area contributed by atoms with Gasteiger partial charge in [0.05, 0.1) is 11.2 Å². The number of benzene rings is 1. The van der Waals surface area contributed by atoms with Crippen LogP contribution < -0.4 is 10.1 Å². The molecule has 0 aliphatic carbocycles. The molecule has 0 radical (unpaired) electrons. The van der Waals surface area contributed by atoms with E-state index < -0.39 is 0 Å². The molecule has 1 N–H and O–H groups in total. The Morgan fingerprint density at radius 3 is 3.10 bits per heavy atom. The molecule has 0 spiro atoms. The lowest BCUT2D eigenvalue weighted by atomic mass is 10.2. The smallest absolute Gasteiger partial charge is 0.263 e. The van der Waals surface area contributed by atoms with Crippen molar-refractivity contribution in [2.24, 2.45) is 0 Å². The number of amides is 1. The van der Waals surface area contributed by atoms with Crippen molar-refractivity contribution in [3.8, 4) is 5.75 Å². The van der Waals surface area contributed by atoms with Crippen LogP contribution in [0.2, 0.25) is 5.02 Å². The van der Waals surface area contributed by atoms with Crippen molar-refractivity contribution in [2.45, 2.75) is 25.8 Å². The van der Waals surface area contributed by atoms with Crippen molar-refractivity contribution < 1.29 is 9.53 Å². The summed E-state index contributed by atoms with van der Waals surface area (Å²) in [6, 6.07) is 7.08. The van der Waals surface area contributed by atoms with Crippen LogP contribution in [0.25, 0.3) is 0 Å². The zero-order valence-electron chi connectivity index (χ0n) is 11.5. The summed E-state index contributed by atoms with van der Waals surface area (Å²) < 4.78 is 7.47. The number of fused-ring (bicyclic) bond motifs is 1. The van der Waals surface area contributed by atoms with Crippen LogP contribution >= 0.6 is 11.6 Å². The van der Waals surface area contributed by atoms with Crippen LogP contribution in [-0.2, 0) is 17.8 Å². The van der Waals surface area contributed by atoms with E-state index in [1.54, 1.807) is 18.3 Å². The quantitative estimate of drug-likeness (QED) is 0.945. The molecule has 1 aliphatic rings. The number of halogens is 1. The number of aromatic nitrogens is 2. The Kier molecular flexibility index (Phi) is 4.10. The summed E-state index contributed by atoms with van der Waals surface area (Å²) in [7, 11) is 0. The van der Waals surface area contributed by atoms with E-state index in [-0.39, 0.29) is 12.5 Å². The fourth-order valence-electron chi connectivity index (χ4n) is 2.40. The number of hydrogen-bond acceptors (Lipinski definition) is 3. The first-order valence-corrected chi connectivity index (χ1v) is 7.33. The molecule has 0 fully saturated rings. The van der Waals surface area contributed by atoms with Gasteiger partial charge in [-0.2, -0.15) is 0 Å². The third-order valence-corrected chi connectivity index (χ3v) is 3.75. The third-order valence-electron chi connectivity index (χ3n) is 3.43. The van der Waals surface area contributed by atoms with Gasteiger partial charge in [-0.05, 0) is 25.0 Å². The highest BCUT2D eigenvalue weighted by Gasteiger charge is 2.15. The summed E-state index contributed by atoms with van der Waals surface area (Å²) >= 11 is 5.97. The van der Waals surface area contributed by atoms with Crippen LogP contribution in [0.3, 0.4) is 0 Å². The monoisotopic (exact) mass is 305 g/mol. The fraction of sp³-hybridized carbons (Fsp3) is 0.333. The molecule has 0 saturated carbocycles. The van der Waals surface area contributed by atoms with Crippen LogP contribution in [0.15, 0.2) is 30.5 Å². The minimum Gasteiger partial charge on any atom is -0.482 e. The average molecular weight is 306 g/mol. The maximum atomic E-state index is 12.0. The first kappa shape index (κ1) is 13.9. The largest absolute Gasteiger partial charge is 0.482 e. The summed E-state index contributed by atoms with van der Waals surface area (Å²) in [6.07, 6.45) is 4.93. The minimum atomic E-state index is -0.219. The molecular formula is C15H16ClN3O2. The lowest BCUT2D eigenvalue weighted by molar-refractivity contribution is -0.118. The highest BCUT2D eigenvalue weighted by atomic mass is 35.5. The summed E-state index contributed by atoms with van der Waals surface area (Å²) in [5.74, 6) is 2.05. The van der Waals surface area contributed by atoms with E-state index in [2.05, 4.69) is 14.9 Å². The van der Waals surface area contributed by atoms with Gasteiger partial charge in [-0.25, -0.2) is 4.98 Å². The normalized spacial score (nSPS) is 13.6.